The third-order valence-electron chi connectivity index (χ3n) is 6.64. The Morgan fingerprint density at radius 3 is 2.47 bits per heavy atom. The van der Waals surface area contributed by atoms with Gasteiger partial charge in [0.2, 0.25) is 5.91 Å². The smallest absolute Gasteiger partial charge is 0.336 e. The first-order valence-corrected chi connectivity index (χ1v) is 13.1. The molecule has 4 aromatic rings. The third-order valence-corrected chi connectivity index (χ3v) is 7.15. The Morgan fingerprint density at radius 2 is 1.82 bits per heavy atom. The van der Waals surface area contributed by atoms with E-state index in [0.717, 1.165) is 0 Å². The van der Waals surface area contributed by atoms with E-state index in [2.05, 4.69) is 26.6 Å². The first kappa shape index (κ1) is 25.7. The Morgan fingerprint density at radius 1 is 1.08 bits per heavy atom. The predicted molar refractivity (Wildman–Crippen MR) is 149 cm³/mol. The molecule has 0 unspecified atom stereocenters. The van der Waals surface area contributed by atoms with Crippen molar-refractivity contribution in [3.05, 3.63) is 90.6 Å². The molecule has 1 aliphatic rings. The number of rotatable bonds is 6. The summed E-state index contributed by atoms with van der Waals surface area (Å²) in [4.78, 5) is 53.0. The highest BCUT2D eigenvalue weighted by molar-refractivity contribution is 9.09. The Balaban J connectivity index is 1.88. The van der Waals surface area contributed by atoms with Crippen molar-refractivity contribution < 1.29 is 9.18 Å². The van der Waals surface area contributed by atoms with E-state index < -0.39 is 22.6 Å². The topological polar surface area (TPSA) is 107 Å². The van der Waals surface area contributed by atoms with Gasteiger partial charge in [0, 0.05) is 24.3 Å². The highest BCUT2D eigenvalue weighted by Crippen LogP contribution is 2.34. The van der Waals surface area contributed by atoms with Crippen LogP contribution in [0.1, 0.15) is 30.0 Å². The molecule has 0 bridgehead atoms. The van der Waals surface area contributed by atoms with Crippen molar-refractivity contribution in [3.8, 4) is 5.69 Å². The van der Waals surface area contributed by atoms with Gasteiger partial charge in [-0.25, -0.2) is 9.18 Å². The van der Waals surface area contributed by atoms with E-state index in [0.29, 0.717) is 29.8 Å². The van der Waals surface area contributed by atoms with Gasteiger partial charge in [0.05, 0.1) is 22.2 Å². The second-order valence-electron chi connectivity index (χ2n) is 9.43. The number of carbonyl (C=O) groups excluding carboxylic acids is 1. The fourth-order valence-electron chi connectivity index (χ4n) is 4.62. The lowest BCUT2D eigenvalue weighted by Crippen LogP contribution is -2.41. The Labute approximate surface area is 224 Å². The molecule has 196 valence electrons. The number of pyridine rings is 1. The number of benzene rings is 2. The summed E-state index contributed by atoms with van der Waals surface area (Å²) in [5.74, 6) is -0.744. The van der Waals surface area contributed by atoms with E-state index in [1.54, 1.807) is 44.2 Å². The highest BCUT2D eigenvalue weighted by Gasteiger charge is 2.31. The van der Waals surface area contributed by atoms with E-state index in [1.807, 2.05) is 0 Å². The maximum Gasteiger partial charge on any atom is 0.336 e. The highest BCUT2D eigenvalue weighted by atomic mass is 79.9. The molecule has 2 aromatic carbocycles. The van der Waals surface area contributed by atoms with Gasteiger partial charge in [-0.15, -0.1) is 0 Å². The van der Waals surface area contributed by atoms with Gasteiger partial charge in [-0.2, -0.15) is 0 Å². The molecule has 2 heterocycles. The zero-order valence-corrected chi connectivity index (χ0v) is 22.6. The summed E-state index contributed by atoms with van der Waals surface area (Å²) in [6.45, 7) is 3.31. The number of halogens is 2. The summed E-state index contributed by atoms with van der Waals surface area (Å²) in [6, 6.07) is 10.9. The van der Waals surface area contributed by atoms with Crippen molar-refractivity contribution in [2.75, 3.05) is 16.0 Å². The minimum atomic E-state index is -0.585. The van der Waals surface area contributed by atoms with Crippen molar-refractivity contribution in [3.63, 3.8) is 0 Å². The maximum atomic E-state index is 14.8. The number of hydrogen-bond acceptors (Lipinski definition) is 5. The lowest BCUT2D eigenvalue weighted by atomic mass is 10.1. The Kier molecular flexibility index (Phi) is 6.56. The first-order chi connectivity index (χ1) is 18.1. The van der Waals surface area contributed by atoms with Gasteiger partial charge >= 0.3 is 5.69 Å². The summed E-state index contributed by atoms with van der Waals surface area (Å²) in [7, 11) is 1.50. The quantitative estimate of drug-likeness (QED) is 0.334. The normalized spacial score (nSPS) is 13.1. The molecule has 9 nitrogen and oxygen atoms in total. The number of fused-ring (bicyclic) bond motifs is 1. The van der Waals surface area contributed by atoms with Crippen LogP contribution in [-0.4, -0.2) is 24.9 Å². The predicted octanol–water partition coefficient (Wildman–Crippen LogP) is 4.02. The van der Waals surface area contributed by atoms with Crippen LogP contribution in [0.4, 0.5) is 21.6 Å². The van der Waals surface area contributed by atoms with Gasteiger partial charge in [0.15, 0.2) is 0 Å². The van der Waals surface area contributed by atoms with Gasteiger partial charge in [0.1, 0.15) is 17.0 Å². The zero-order valence-electron chi connectivity index (χ0n) is 21.0. The molecule has 0 aliphatic heterocycles. The molecule has 5 rings (SSSR count). The van der Waals surface area contributed by atoms with Crippen LogP contribution in [0.3, 0.4) is 0 Å². The fraction of sp³-hybridized carbons (Fsp3) is 0.259. The van der Waals surface area contributed by atoms with Crippen molar-refractivity contribution >= 4 is 49.9 Å². The number of aryl methyl sites for hydroxylation is 2. The number of alkyl halides is 1. The second kappa shape index (κ2) is 9.71. The van der Waals surface area contributed by atoms with E-state index >= 15 is 0 Å². The number of carbonyl (C=O) groups is 1. The van der Waals surface area contributed by atoms with E-state index in [-0.39, 0.29) is 45.3 Å². The average Bonchev–Trinajstić information content (AvgIpc) is 3.72. The van der Waals surface area contributed by atoms with Crippen molar-refractivity contribution in [1.82, 2.24) is 13.7 Å². The van der Waals surface area contributed by atoms with Crippen LogP contribution in [0.2, 0.25) is 0 Å². The molecule has 2 N–H and O–H groups in total. The maximum absolute atomic E-state index is 14.8. The summed E-state index contributed by atoms with van der Waals surface area (Å²) >= 11 is 3.11. The molecule has 1 fully saturated rings. The molecule has 2 aromatic heterocycles. The molecule has 0 radical (unpaired) electrons. The van der Waals surface area contributed by atoms with Gasteiger partial charge in [-0.1, -0.05) is 28.1 Å². The number of aromatic nitrogens is 3. The minimum absolute atomic E-state index is 0.0789. The fourth-order valence-corrected chi connectivity index (χ4v) is 4.76. The minimum Gasteiger partial charge on any atom is -0.338 e. The van der Waals surface area contributed by atoms with E-state index in [4.69, 9.17) is 0 Å². The second-order valence-corrected chi connectivity index (χ2v) is 9.99. The largest absolute Gasteiger partial charge is 0.338 e. The molecule has 38 heavy (non-hydrogen) atoms. The Bertz CT molecular complexity index is 1800. The number of anilines is 3. The molecule has 1 amide bonds. The van der Waals surface area contributed by atoms with Gasteiger partial charge in [-0.05, 0) is 62.6 Å². The van der Waals surface area contributed by atoms with Crippen LogP contribution in [0.15, 0.2) is 56.8 Å². The van der Waals surface area contributed by atoms with Crippen molar-refractivity contribution in [2.24, 2.45) is 7.05 Å². The zero-order chi connectivity index (χ0) is 27.3. The monoisotopic (exact) mass is 581 g/mol. The van der Waals surface area contributed by atoms with Gasteiger partial charge in [-0.3, -0.25) is 28.1 Å². The summed E-state index contributed by atoms with van der Waals surface area (Å²) < 4.78 is 18.6. The molecular formula is C27H25BrFN5O4. The third kappa shape index (κ3) is 4.36. The van der Waals surface area contributed by atoms with Crippen molar-refractivity contribution in [2.45, 2.75) is 32.7 Å². The average molecular weight is 582 g/mol. The molecule has 1 aliphatic carbocycles. The number of amides is 1. The van der Waals surface area contributed by atoms with Crippen LogP contribution in [-0.2, 0) is 11.8 Å². The molecule has 0 saturated heterocycles. The Hall–Kier alpha value is -3.99. The molecular weight excluding hydrogens is 557 g/mol. The molecule has 11 heteroatoms. The summed E-state index contributed by atoms with van der Waals surface area (Å²) in [5.41, 5.74) is 0.330. The van der Waals surface area contributed by atoms with Crippen LogP contribution >= 0.6 is 15.9 Å². The van der Waals surface area contributed by atoms with Crippen LogP contribution < -0.4 is 27.4 Å². The van der Waals surface area contributed by atoms with Crippen molar-refractivity contribution in [1.29, 1.82) is 0 Å². The number of nitrogens with zero attached hydrogens (tertiary/aromatic N) is 3. The first-order valence-electron chi connectivity index (χ1n) is 12.0. The molecule has 0 spiro atoms. The van der Waals surface area contributed by atoms with Gasteiger partial charge < -0.3 is 10.6 Å². The molecule has 0 atom stereocenters. The summed E-state index contributed by atoms with van der Waals surface area (Å²) in [6.07, 6.45) is 1.34. The van der Waals surface area contributed by atoms with Crippen LogP contribution in [0, 0.1) is 19.7 Å². The van der Waals surface area contributed by atoms with Gasteiger partial charge in [0.25, 0.3) is 11.1 Å². The number of nitrogens with one attached hydrogen (secondary N) is 2. The SMILES string of the molecule is Cc1ccc(Nc2c3c(=O)n(C4CC4)c(=O)n(-c4cccc(NC(=O)CBr)c4)c3c(C)c(=O)n2C)c(F)c1. The van der Waals surface area contributed by atoms with Crippen LogP contribution in [0.25, 0.3) is 16.6 Å². The lowest BCUT2D eigenvalue weighted by molar-refractivity contribution is -0.113. The molecule has 1 saturated carbocycles. The standard InChI is InChI=1S/C27H25BrFN5O4/c1-14-7-10-20(19(29)11-14)31-24-22-23(15(2)25(36)32(24)3)33(27(38)34(26(22)37)17-8-9-17)18-6-4-5-16(12-18)30-21(35)13-28/h4-7,10-12,17,31H,8-9,13H2,1-3H3,(H,30,35). The van der Waals surface area contributed by atoms with E-state index in [9.17, 15) is 23.6 Å². The van der Waals surface area contributed by atoms with E-state index in [1.165, 1.54) is 32.9 Å². The van der Waals surface area contributed by atoms with Crippen LogP contribution in [0.5, 0.6) is 0 Å². The lowest BCUT2D eigenvalue weighted by Gasteiger charge is -2.21. The number of hydrogen-bond donors (Lipinski definition) is 2. The summed E-state index contributed by atoms with van der Waals surface area (Å²) in [5, 5.41) is 5.86.